The van der Waals surface area contributed by atoms with Crippen LogP contribution in [0.4, 0.5) is 5.69 Å². The van der Waals surface area contributed by atoms with E-state index < -0.39 is 0 Å². The van der Waals surface area contributed by atoms with Crippen molar-refractivity contribution in [3.8, 4) is 0 Å². The van der Waals surface area contributed by atoms with E-state index in [2.05, 4.69) is 15.1 Å². The summed E-state index contributed by atoms with van der Waals surface area (Å²) in [5, 5.41) is 12.1. The van der Waals surface area contributed by atoms with Gasteiger partial charge in [-0.2, -0.15) is 0 Å². The molecule has 27 heavy (non-hydrogen) atoms. The van der Waals surface area contributed by atoms with Crippen molar-refractivity contribution in [2.24, 2.45) is 0 Å². The van der Waals surface area contributed by atoms with E-state index in [-0.39, 0.29) is 23.9 Å². The molecule has 0 radical (unpaired) electrons. The number of hydrogen-bond acceptors (Lipinski definition) is 6. The molecule has 146 valence electrons. The predicted molar refractivity (Wildman–Crippen MR) is 104 cm³/mol. The van der Waals surface area contributed by atoms with E-state index in [1.54, 1.807) is 11.1 Å². The van der Waals surface area contributed by atoms with Crippen LogP contribution in [0.5, 0.6) is 0 Å². The normalized spacial score (nSPS) is 21.1. The van der Waals surface area contributed by atoms with E-state index in [1.807, 2.05) is 30.3 Å². The highest BCUT2D eigenvalue weighted by atomic mass is 16.3. The Kier molecular flexibility index (Phi) is 6.98. The highest BCUT2D eigenvalue weighted by Gasteiger charge is 2.30. The van der Waals surface area contributed by atoms with Crippen molar-refractivity contribution in [2.75, 3.05) is 63.9 Å². The summed E-state index contributed by atoms with van der Waals surface area (Å²) >= 11 is 0. The Balaban J connectivity index is 1.49. The van der Waals surface area contributed by atoms with Gasteiger partial charge >= 0.3 is 0 Å². The molecule has 2 heterocycles. The fraction of sp³-hybridized carbons (Fsp3) is 0.500. The highest BCUT2D eigenvalue weighted by molar-refractivity contribution is 6.26. The number of ketones is 1. The standard InChI is InChI=1S/C20H28N4O3/c25-15-14-23-12-10-22(11-13-23)9-7-21-16-18-19(26)6-8-24(20(18)27)17-4-2-1-3-5-17/h1-5,16,21,25H,6-15H2. The second-order valence-corrected chi connectivity index (χ2v) is 6.88. The minimum atomic E-state index is -0.234. The van der Waals surface area contributed by atoms with Crippen LogP contribution >= 0.6 is 0 Å². The molecule has 7 heteroatoms. The average Bonchev–Trinajstić information content (AvgIpc) is 2.69. The van der Waals surface area contributed by atoms with Gasteiger partial charge in [0.25, 0.3) is 5.91 Å². The van der Waals surface area contributed by atoms with Gasteiger partial charge in [0.1, 0.15) is 0 Å². The number of Topliss-reactive ketones (excluding diaryl/α,β-unsaturated/α-hetero) is 1. The van der Waals surface area contributed by atoms with Gasteiger partial charge in [-0.3, -0.25) is 19.4 Å². The lowest BCUT2D eigenvalue weighted by Crippen LogP contribution is -2.48. The second kappa shape index (κ2) is 9.64. The zero-order valence-corrected chi connectivity index (χ0v) is 15.6. The van der Waals surface area contributed by atoms with Gasteiger partial charge < -0.3 is 15.3 Å². The molecule has 2 fully saturated rings. The summed E-state index contributed by atoms with van der Waals surface area (Å²) in [6.45, 7) is 6.79. The van der Waals surface area contributed by atoms with Crippen molar-refractivity contribution in [3.05, 3.63) is 42.1 Å². The smallest absolute Gasteiger partial charge is 0.263 e. The zero-order chi connectivity index (χ0) is 19.1. The van der Waals surface area contributed by atoms with Crippen LogP contribution in [-0.4, -0.2) is 85.6 Å². The number of nitrogens with one attached hydrogen (secondary N) is 1. The maximum absolute atomic E-state index is 12.7. The Bertz CT molecular complexity index is 669. The number of aliphatic hydroxyl groups is 1. The minimum absolute atomic E-state index is 0.0997. The highest BCUT2D eigenvalue weighted by Crippen LogP contribution is 2.21. The maximum Gasteiger partial charge on any atom is 0.263 e. The van der Waals surface area contributed by atoms with E-state index in [9.17, 15) is 9.59 Å². The Labute approximate surface area is 160 Å². The molecule has 3 rings (SSSR count). The summed E-state index contributed by atoms with van der Waals surface area (Å²) in [4.78, 5) is 31.1. The summed E-state index contributed by atoms with van der Waals surface area (Å²) in [5.41, 5.74) is 1.06. The van der Waals surface area contributed by atoms with Crippen molar-refractivity contribution in [3.63, 3.8) is 0 Å². The van der Waals surface area contributed by atoms with Crippen LogP contribution in [0.3, 0.4) is 0 Å². The van der Waals surface area contributed by atoms with Crippen molar-refractivity contribution in [2.45, 2.75) is 6.42 Å². The van der Waals surface area contributed by atoms with Gasteiger partial charge in [0.15, 0.2) is 5.78 Å². The third kappa shape index (κ3) is 5.15. The Morgan fingerprint density at radius 1 is 0.963 bits per heavy atom. The number of anilines is 1. The molecule has 0 unspecified atom stereocenters. The summed E-state index contributed by atoms with van der Waals surface area (Å²) in [6, 6.07) is 9.46. The number of hydrogen-bond donors (Lipinski definition) is 2. The van der Waals surface area contributed by atoms with Crippen LogP contribution in [0.25, 0.3) is 0 Å². The quantitative estimate of drug-likeness (QED) is 0.401. The molecular formula is C20H28N4O3. The van der Waals surface area contributed by atoms with Crippen molar-refractivity contribution >= 4 is 17.4 Å². The average molecular weight is 372 g/mol. The number of para-hydroxylation sites is 1. The van der Waals surface area contributed by atoms with Crippen LogP contribution in [0.15, 0.2) is 42.1 Å². The van der Waals surface area contributed by atoms with E-state index in [0.29, 0.717) is 19.5 Å². The Morgan fingerprint density at radius 2 is 1.63 bits per heavy atom. The fourth-order valence-electron chi connectivity index (χ4n) is 3.49. The summed E-state index contributed by atoms with van der Waals surface area (Å²) in [6.07, 6.45) is 1.93. The molecule has 0 atom stereocenters. The van der Waals surface area contributed by atoms with Gasteiger partial charge in [-0.25, -0.2) is 0 Å². The number of nitrogens with zero attached hydrogens (tertiary/aromatic N) is 3. The van der Waals surface area contributed by atoms with Crippen molar-refractivity contribution in [1.29, 1.82) is 0 Å². The van der Waals surface area contributed by atoms with Gasteiger partial charge in [0.05, 0.1) is 12.2 Å². The number of amides is 1. The number of carbonyl (C=O) groups is 2. The molecule has 0 aromatic heterocycles. The lowest BCUT2D eigenvalue weighted by atomic mass is 10.0. The van der Waals surface area contributed by atoms with Crippen molar-refractivity contribution < 1.29 is 14.7 Å². The van der Waals surface area contributed by atoms with Crippen molar-refractivity contribution in [1.82, 2.24) is 15.1 Å². The zero-order valence-electron chi connectivity index (χ0n) is 15.6. The summed E-state index contributed by atoms with van der Waals surface area (Å²) in [5.74, 6) is -0.333. The van der Waals surface area contributed by atoms with Crippen LogP contribution in [-0.2, 0) is 9.59 Å². The van der Waals surface area contributed by atoms with Crippen LogP contribution in [0, 0.1) is 0 Å². The molecule has 0 spiro atoms. The first-order chi connectivity index (χ1) is 13.2. The molecule has 2 aliphatic rings. The fourth-order valence-corrected chi connectivity index (χ4v) is 3.49. The molecule has 2 saturated heterocycles. The molecular weight excluding hydrogens is 344 g/mol. The van der Waals surface area contributed by atoms with Gasteiger partial charge in [-0.1, -0.05) is 18.2 Å². The summed E-state index contributed by atoms with van der Waals surface area (Å²) < 4.78 is 0. The lowest BCUT2D eigenvalue weighted by Gasteiger charge is -2.34. The van der Waals surface area contributed by atoms with Gasteiger partial charge in [0.2, 0.25) is 0 Å². The number of benzene rings is 1. The molecule has 1 aromatic rings. The number of carbonyl (C=O) groups excluding carboxylic acids is 2. The first-order valence-electron chi connectivity index (χ1n) is 9.58. The van der Waals surface area contributed by atoms with Crippen LogP contribution in [0.2, 0.25) is 0 Å². The number of β-amino-alcohol motifs (C(OH)–C–C–N with tert-alkyl or cyclic N) is 1. The third-order valence-corrected chi connectivity index (χ3v) is 5.11. The van der Waals surface area contributed by atoms with E-state index >= 15 is 0 Å². The Hall–Kier alpha value is -2.22. The van der Waals surface area contributed by atoms with Gasteiger partial charge in [0, 0.05) is 70.7 Å². The molecule has 1 aromatic carbocycles. The van der Waals surface area contributed by atoms with Crippen LogP contribution in [0.1, 0.15) is 6.42 Å². The number of piperidine rings is 1. The molecule has 1 amide bonds. The first-order valence-corrected chi connectivity index (χ1v) is 9.58. The molecule has 0 saturated carbocycles. The van der Waals surface area contributed by atoms with E-state index in [4.69, 9.17) is 5.11 Å². The predicted octanol–water partition coefficient (Wildman–Crippen LogP) is 0.0758. The summed E-state index contributed by atoms with van der Waals surface area (Å²) in [7, 11) is 0. The monoisotopic (exact) mass is 372 g/mol. The SMILES string of the molecule is O=C1CCN(c2ccccc2)C(=O)C1=CNCCN1CCN(CCO)CC1. The lowest BCUT2D eigenvalue weighted by molar-refractivity contribution is -0.123. The topological polar surface area (TPSA) is 76.1 Å². The molecule has 2 aliphatic heterocycles. The number of piperazine rings is 1. The molecule has 7 nitrogen and oxygen atoms in total. The largest absolute Gasteiger partial charge is 0.395 e. The van der Waals surface area contributed by atoms with Gasteiger partial charge in [-0.05, 0) is 12.1 Å². The Morgan fingerprint density at radius 3 is 2.30 bits per heavy atom. The van der Waals surface area contributed by atoms with Gasteiger partial charge in [-0.15, -0.1) is 0 Å². The molecule has 0 aliphatic carbocycles. The second-order valence-electron chi connectivity index (χ2n) is 6.88. The maximum atomic E-state index is 12.7. The minimum Gasteiger partial charge on any atom is -0.395 e. The first kappa shape index (κ1) is 19.5. The number of aliphatic hydroxyl groups excluding tert-OH is 1. The molecule has 2 N–H and O–H groups in total. The molecule has 0 bridgehead atoms. The number of rotatable bonds is 7. The third-order valence-electron chi connectivity index (χ3n) is 5.11. The van der Waals surface area contributed by atoms with Crippen LogP contribution < -0.4 is 10.2 Å². The van der Waals surface area contributed by atoms with E-state index in [1.165, 1.54) is 0 Å². The van der Waals surface area contributed by atoms with E-state index in [0.717, 1.165) is 45.0 Å².